The van der Waals surface area contributed by atoms with E-state index in [4.69, 9.17) is 0 Å². The number of unbranched alkanes of at least 4 members (excludes halogenated alkanes) is 5. The Kier molecular flexibility index (Phi) is 8.02. The van der Waals surface area contributed by atoms with Gasteiger partial charge in [-0.3, -0.25) is 0 Å². The van der Waals surface area contributed by atoms with E-state index >= 15 is 0 Å². The normalized spacial score (nSPS) is 28.8. The summed E-state index contributed by atoms with van der Waals surface area (Å²) in [5.41, 5.74) is 0. The van der Waals surface area contributed by atoms with Crippen LogP contribution in [0.4, 0.5) is 0 Å². The van der Waals surface area contributed by atoms with Gasteiger partial charge in [-0.1, -0.05) is 91.9 Å². The lowest BCUT2D eigenvalue weighted by Crippen LogP contribution is -2.30. The van der Waals surface area contributed by atoms with Gasteiger partial charge in [0.2, 0.25) is 0 Å². The molecule has 0 spiro atoms. The Morgan fingerprint density at radius 3 is 2.33 bits per heavy atom. The fourth-order valence-corrected chi connectivity index (χ4v) is 4.20. The molecule has 1 aliphatic carbocycles. The van der Waals surface area contributed by atoms with E-state index in [0.29, 0.717) is 0 Å². The zero-order valence-electron chi connectivity index (χ0n) is 13.1. The summed E-state index contributed by atoms with van der Waals surface area (Å²) in [6.07, 6.45) is 14.2. The van der Waals surface area contributed by atoms with Crippen LogP contribution in [0.15, 0.2) is 0 Å². The van der Waals surface area contributed by atoms with Gasteiger partial charge in [0.25, 0.3) is 0 Å². The molecule has 3 atom stereocenters. The fourth-order valence-electron chi connectivity index (χ4n) is 4.20. The molecule has 1 rings (SSSR count). The van der Waals surface area contributed by atoms with Gasteiger partial charge in [-0.05, 0) is 23.7 Å². The van der Waals surface area contributed by atoms with Crippen LogP contribution in [0.3, 0.4) is 0 Å². The van der Waals surface area contributed by atoms with Crippen molar-refractivity contribution in [3.8, 4) is 0 Å². The van der Waals surface area contributed by atoms with Gasteiger partial charge >= 0.3 is 0 Å². The van der Waals surface area contributed by atoms with E-state index in [1.54, 1.807) is 0 Å². The highest BCUT2D eigenvalue weighted by molar-refractivity contribution is 4.82. The second kappa shape index (κ2) is 8.99. The molecule has 107 valence electrons. The lowest BCUT2D eigenvalue weighted by Gasteiger charge is -2.39. The van der Waals surface area contributed by atoms with Crippen molar-refractivity contribution in [2.24, 2.45) is 23.7 Å². The molecule has 1 fully saturated rings. The average molecular weight is 251 g/mol. The maximum absolute atomic E-state index is 3.91. The molecule has 0 bridgehead atoms. The van der Waals surface area contributed by atoms with Gasteiger partial charge in [-0.15, -0.1) is 0 Å². The minimum Gasteiger partial charge on any atom is -0.0625 e. The van der Waals surface area contributed by atoms with Crippen LogP contribution in [-0.2, 0) is 0 Å². The quantitative estimate of drug-likeness (QED) is 0.447. The highest BCUT2D eigenvalue weighted by atomic mass is 14.4. The Hall–Kier alpha value is 0. The first-order valence-electron chi connectivity index (χ1n) is 8.46. The standard InChI is InChI=1S/C18H35/c1-5-6-7-8-9-10-13-17-14-11-12-16(4)18(17)15(2)3/h15-18H,1,5-14H2,2-4H3. The third-order valence-corrected chi connectivity index (χ3v) is 5.03. The Bertz CT molecular complexity index is 194. The Morgan fingerprint density at radius 2 is 1.67 bits per heavy atom. The molecule has 0 aromatic carbocycles. The van der Waals surface area contributed by atoms with Crippen LogP contribution >= 0.6 is 0 Å². The van der Waals surface area contributed by atoms with Crippen molar-refractivity contribution in [3.63, 3.8) is 0 Å². The van der Waals surface area contributed by atoms with Crippen LogP contribution in [0.1, 0.15) is 85.0 Å². The van der Waals surface area contributed by atoms with Crippen LogP contribution in [0, 0.1) is 30.6 Å². The molecule has 0 aliphatic heterocycles. The lowest BCUT2D eigenvalue weighted by molar-refractivity contribution is 0.107. The second-order valence-electron chi connectivity index (χ2n) is 6.90. The molecule has 18 heavy (non-hydrogen) atoms. The highest BCUT2D eigenvalue weighted by Crippen LogP contribution is 2.41. The Balaban J connectivity index is 2.22. The van der Waals surface area contributed by atoms with Gasteiger partial charge in [0.05, 0.1) is 0 Å². The average Bonchev–Trinajstić information content (AvgIpc) is 2.33. The van der Waals surface area contributed by atoms with Crippen LogP contribution in [0.2, 0.25) is 0 Å². The van der Waals surface area contributed by atoms with Gasteiger partial charge in [0.15, 0.2) is 0 Å². The van der Waals surface area contributed by atoms with Gasteiger partial charge in [-0.2, -0.15) is 0 Å². The van der Waals surface area contributed by atoms with Crippen molar-refractivity contribution in [3.05, 3.63) is 6.92 Å². The minimum atomic E-state index is 0.886. The molecule has 3 unspecified atom stereocenters. The summed E-state index contributed by atoms with van der Waals surface area (Å²) in [5, 5.41) is 0. The van der Waals surface area contributed by atoms with Crippen molar-refractivity contribution in [2.75, 3.05) is 0 Å². The molecule has 1 saturated carbocycles. The number of rotatable bonds is 8. The van der Waals surface area contributed by atoms with Crippen LogP contribution in [0.5, 0.6) is 0 Å². The number of hydrogen-bond acceptors (Lipinski definition) is 0. The first-order chi connectivity index (χ1) is 8.66. The van der Waals surface area contributed by atoms with Crippen molar-refractivity contribution in [1.82, 2.24) is 0 Å². The zero-order valence-corrected chi connectivity index (χ0v) is 13.1. The molecule has 1 aliphatic rings. The fraction of sp³-hybridized carbons (Fsp3) is 0.944. The van der Waals surface area contributed by atoms with Crippen molar-refractivity contribution in [1.29, 1.82) is 0 Å². The molecular formula is C18H35. The van der Waals surface area contributed by atoms with E-state index in [2.05, 4.69) is 27.7 Å². The Labute approximate surface area is 116 Å². The zero-order chi connectivity index (χ0) is 13.4. The van der Waals surface area contributed by atoms with E-state index in [9.17, 15) is 0 Å². The summed E-state index contributed by atoms with van der Waals surface area (Å²) in [4.78, 5) is 0. The molecule has 0 aromatic heterocycles. The predicted molar refractivity (Wildman–Crippen MR) is 82.5 cm³/mol. The maximum atomic E-state index is 3.91. The number of hydrogen-bond donors (Lipinski definition) is 0. The third-order valence-electron chi connectivity index (χ3n) is 5.03. The van der Waals surface area contributed by atoms with E-state index in [1.807, 2.05) is 0 Å². The molecule has 1 radical (unpaired) electrons. The van der Waals surface area contributed by atoms with Crippen molar-refractivity contribution >= 4 is 0 Å². The molecule has 0 heterocycles. The van der Waals surface area contributed by atoms with Gasteiger partial charge in [0, 0.05) is 0 Å². The monoisotopic (exact) mass is 251 g/mol. The largest absolute Gasteiger partial charge is 0.0625 e. The topological polar surface area (TPSA) is 0 Å². The van der Waals surface area contributed by atoms with Crippen LogP contribution < -0.4 is 0 Å². The first kappa shape index (κ1) is 16.1. The van der Waals surface area contributed by atoms with E-state index in [-0.39, 0.29) is 0 Å². The molecular weight excluding hydrogens is 216 g/mol. The molecule has 0 amide bonds. The smallest absolute Gasteiger partial charge is 0.0337 e. The van der Waals surface area contributed by atoms with Gasteiger partial charge in [0.1, 0.15) is 0 Å². The molecule has 0 nitrogen and oxygen atoms in total. The molecule has 0 saturated heterocycles. The minimum absolute atomic E-state index is 0.886. The van der Waals surface area contributed by atoms with Gasteiger partial charge in [-0.25, -0.2) is 0 Å². The maximum Gasteiger partial charge on any atom is -0.0337 e. The summed E-state index contributed by atoms with van der Waals surface area (Å²) in [6.45, 7) is 11.3. The summed E-state index contributed by atoms with van der Waals surface area (Å²) in [5.74, 6) is 3.88. The van der Waals surface area contributed by atoms with E-state index < -0.39 is 0 Å². The SMILES string of the molecule is [CH2]CCCCCCCC1CCCC(C)C1C(C)C. The third kappa shape index (κ3) is 5.33. The lowest BCUT2D eigenvalue weighted by atomic mass is 9.66. The molecule has 0 aromatic rings. The van der Waals surface area contributed by atoms with E-state index in [1.165, 1.54) is 57.8 Å². The highest BCUT2D eigenvalue weighted by Gasteiger charge is 2.31. The second-order valence-corrected chi connectivity index (χ2v) is 6.90. The van der Waals surface area contributed by atoms with Crippen molar-refractivity contribution < 1.29 is 0 Å². The molecule has 0 N–H and O–H groups in total. The summed E-state index contributed by atoms with van der Waals surface area (Å²) >= 11 is 0. The van der Waals surface area contributed by atoms with Crippen LogP contribution in [0.25, 0.3) is 0 Å². The van der Waals surface area contributed by atoms with E-state index in [0.717, 1.165) is 30.1 Å². The first-order valence-corrected chi connectivity index (χ1v) is 8.46. The van der Waals surface area contributed by atoms with Crippen LogP contribution in [-0.4, -0.2) is 0 Å². The molecule has 0 heteroatoms. The summed E-state index contributed by atoms with van der Waals surface area (Å²) in [6, 6.07) is 0. The predicted octanol–water partition coefficient (Wildman–Crippen LogP) is 6.26. The van der Waals surface area contributed by atoms with Crippen molar-refractivity contribution in [2.45, 2.75) is 85.0 Å². The van der Waals surface area contributed by atoms with Gasteiger partial charge < -0.3 is 0 Å². The Morgan fingerprint density at radius 1 is 1.00 bits per heavy atom. The summed E-state index contributed by atoms with van der Waals surface area (Å²) < 4.78 is 0. The summed E-state index contributed by atoms with van der Waals surface area (Å²) in [7, 11) is 0.